The lowest BCUT2D eigenvalue weighted by Gasteiger charge is -2.16. The van der Waals surface area contributed by atoms with Crippen molar-refractivity contribution in [3.8, 4) is 22.8 Å². The van der Waals surface area contributed by atoms with E-state index in [0.29, 0.717) is 46.2 Å². The molecule has 0 aliphatic rings. The Bertz CT molecular complexity index is 1380. The highest BCUT2D eigenvalue weighted by Gasteiger charge is 2.35. The minimum atomic E-state index is -4.61. The van der Waals surface area contributed by atoms with Crippen LogP contribution in [0.15, 0.2) is 65.1 Å². The molecule has 1 aromatic heterocycles. The number of benzene rings is 3. The summed E-state index contributed by atoms with van der Waals surface area (Å²) in [7, 11) is 0. The quantitative estimate of drug-likeness (QED) is 0.258. The highest BCUT2D eigenvalue weighted by Crippen LogP contribution is 2.43. The Morgan fingerprint density at radius 1 is 0.917 bits per heavy atom. The summed E-state index contributed by atoms with van der Waals surface area (Å²) in [4.78, 5) is 13.0. The molecule has 1 heterocycles. The highest BCUT2D eigenvalue weighted by molar-refractivity contribution is 6.31. The third-order valence-electron chi connectivity index (χ3n) is 5.21. The van der Waals surface area contributed by atoms with Gasteiger partial charge in [0.05, 0.1) is 18.8 Å². The number of urea groups is 1. The number of furan rings is 1. The number of fused-ring (bicyclic) bond motifs is 1. The zero-order valence-electron chi connectivity index (χ0n) is 19.3. The van der Waals surface area contributed by atoms with Gasteiger partial charge in [-0.3, -0.25) is 5.32 Å². The van der Waals surface area contributed by atoms with Crippen LogP contribution < -0.4 is 20.1 Å². The van der Waals surface area contributed by atoms with Crippen molar-refractivity contribution in [3.63, 3.8) is 0 Å². The molecular formula is C26H22ClF3N2O4. The first-order chi connectivity index (χ1) is 17.2. The Labute approximate surface area is 209 Å². The Kier molecular flexibility index (Phi) is 7.30. The maximum absolute atomic E-state index is 13.7. The number of hydrogen-bond acceptors (Lipinski definition) is 4. The predicted octanol–water partition coefficient (Wildman–Crippen LogP) is 8.21. The van der Waals surface area contributed by atoms with E-state index in [1.165, 1.54) is 24.3 Å². The van der Waals surface area contributed by atoms with Gasteiger partial charge in [0, 0.05) is 21.4 Å². The first kappa shape index (κ1) is 25.2. The second-order valence-electron chi connectivity index (χ2n) is 7.57. The smallest absolute Gasteiger partial charge is 0.417 e. The normalized spacial score (nSPS) is 11.4. The molecule has 0 spiro atoms. The van der Waals surface area contributed by atoms with Gasteiger partial charge in [-0.1, -0.05) is 35.9 Å². The maximum Gasteiger partial charge on any atom is 0.417 e. The molecule has 2 amide bonds. The number of carbonyl (C=O) groups is 1. The summed E-state index contributed by atoms with van der Waals surface area (Å²) >= 11 is 6.13. The molecule has 36 heavy (non-hydrogen) atoms. The van der Waals surface area contributed by atoms with Gasteiger partial charge >= 0.3 is 12.2 Å². The summed E-state index contributed by atoms with van der Waals surface area (Å²) in [6, 6.07) is 14.0. The van der Waals surface area contributed by atoms with Gasteiger partial charge in [0.15, 0.2) is 0 Å². The number of alkyl halides is 3. The van der Waals surface area contributed by atoms with Crippen molar-refractivity contribution in [2.75, 3.05) is 23.8 Å². The van der Waals surface area contributed by atoms with Gasteiger partial charge < -0.3 is 19.2 Å². The van der Waals surface area contributed by atoms with Gasteiger partial charge in [0.1, 0.15) is 22.9 Å². The second-order valence-corrected chi connectivity index (χ2v) is 8.00. The summed E-state index contributed by atoms with van der Waals surface area (Å²) in [5, 5.41) is 6.28. The second kappa shape index (κ2) is 10.4. The summed E-state index contributed by atoms with van der Waals surface area (Å²) in [6.07, 6.45) is -4.61. The van der Waals surface area contributed by atoms with Crippen molar-refractivity contribution in [2.24, 2.45) is 0 Å². The fourth-order valence-corrected chi connectivity index (χ4v) is 3.94. The summed E-state index contributed by atoms with van der Waals surface area (Å²) in [5.74, 6) is 0.683. The lowest BCUT2D eigenvalue weighted by atomic mass is 10.0. The third kappa shape index (κ3) is 5.21. The van der Waals surface area contributed by atoms with Gasteiger partial charge in [-0.2, -0.15) is 13.2 Å². The molecule has 0 aliphatic heterocycles. The average Bonchev–Trinajstić information content (AvgIpc) is 3.18. The Morgan fingerprint density at radius 2 is 1.58 bits per heavy atom. The van der Waals surface area contributed by atoms with Crippen molar-refractivity contribution in [1.29, 1.82) is 0 Å². The van der Waals surface area contributed by atoms with E-state index in [1.54, 1.807) is 44.2 Å². The minimum Gasteiger partial charge on any atom is -0.492 e. The zero-order valence-corrected chi connectivity index (χ0v) is 20.1. The molecule has 2 N–H and O–H groups in total. The Hall–Kier alpha value is -3.85. The molecule has 0 radical (unpaired) electrons. The van der Waals surface area contributed by atoms with E-state index < -0.39 is 17.8 Å². The number of nitrogens with one attached hydrogen (secondary N) is 2. The summed E-state index contributed by atoms with van der Waals surface area (Å²) in [5.41, 5.74) is -0.741. The van der Waals surface area contributed by atoms with E-state index in [9.17, 15) is 18.0 Å². The summed E-state index contributed by atoms with van der Waals surface area (Å²) in [6.45, 7) is 4.32. The number of ether oxygens (including phenoxy) is 2. The fraction of sp³-hybridized carbons (Fsp3) is 0.192. The zero-order chi connectivity index (χ0) is 25.9. The van der Waals surface area contributed by atoms with Crippen LogP contribution in [0.1, 0.15) is 19.4 Å². The maximum atomic E-state index is 13.7. The number of anilines is 2. The molecule has 3 aromatic carbocycles. The molecule has 0 unspecified atom stereocenters. The topological polar surface area (TPSA) is 72.7 Å². The van der Waals surface area contributed by atoms with Gasteiger partial charge in [-0.25, -0.2) is 4.79 Å². The van der Waals surface area contributed by atoms with Crippen molar-refractivity contribution in [1.82, 2.24) is 0 Å². The molecule has 188 valence electrons. The molecule has 10 heteroatoms. The monoisotopic (exact) mass is 518 g/mol. The van der Waals surface area contributed by atoms with Crippen LogP contribution in [0.25, 0.3) is 22.1 Å². The summed E-state index contributed by atoms with van der Waals surface area (Å²) < 4.78 is 58.1. The van der Waals surface area contributed by atoms with Crippen LogP contribution in [-0.4, -0.2) is 19.2 Å². The van der Waals surface area contributed by atoms with Crippen LogP contribution in [0.5, 0.6) is 11.5 Å². The lowest BCUT2D eigenvalue weighted by molar-refractivity contribution is -0.137. The highest BCUT2D eigenvalue weighted by atomic mass is 35.5. The van der Waals surface area contributed by atoms with E-state index >= 15 is 0 Å². The van der Waals surface area contributed by atoms with Gasteiger partial charge in [-0.05, 0) is 50.2 Å². The molecule has 0 fully saturated rings. The first-order valence-corrected chi connectivity index (χ1v) is 11.5. The standard InChI is InChI=1S/C26H22ClF3N2O4/c1-3-34-20-10-7-11-21(35-4-2)22(20)31-25(33)32-24-16-13-12-15(27)14-18(16)23(36-24)17-8-5-6-9-19(17)26(28,29)30/h5-14H,3-4H2,1-2H3,(H2,31,32,33). The molecular weight excluding hydrogens is 497 g/mol. The molecule has 6 nitrogen and oxygen atoms in total. The molecule has 4 aromatic rings. The Balaban J connectivity index is 1.74. The van der Waals surface area contributed by atoms with Gasteiger partial charge in [0.2, 0.25) is 5.88 Å². The van der Waals surface area contributed by atoms with E-state index in [-0.39, 0.29) is 17.2 Å². The SMILES string of the molecule is CCOc1cccc(OCC)c1NC(=O)Nc1oc(-c2ccccc2C(F)(F)F)c2cc(Cl)ccc12. The van der Waals surface area contributed by atoms with E-state index in [4.69, 9.17) is 25.5 Å². The Morgan fingerprint density at radius 3 is 2.22 bits per heavy atom. The van der Waals surface area contributed by atoms with E-state index in [2.05, 4.69) is 10.6 Å². The molecule has 0 saturated carbocycles. The van der Waals surface area contributed by atoms with Crippen molar-refractivity contribution in [3.05, 3.63) is 71.2 Å². The van der Waals surface area contributed by atoms with Crippen LogP contribution in [-0.2, 0) is 6.18 Å². The van der Waals surface area contributed by atoms with Gasteiger partial charge in [0.25, 0.3) is 0 Å². The first-order valence-electron chi connectivity index (χ1n) is 11.1. The van der Waals surface area contributed by atoms with Crippen molar-refractivity contribution < 1.29 is 31.9 Å². The van der Waals surface area contributed by atoms with Crippen molar-refractivity contribution in [2.45, 2.75) is 20.0 Å². The largest absolute Gasteiger partial charge is 0.492 e. The number of carbonyl (C=O) groups excluding carboxylic acids is 1. The molecule has 0 aliphatic carbocycles. The number of amides is 2. The number of hydrogen-bond donors (Lipinski definition) is 2. The predicted molar refractivity (Wildman–Crippen MR) is 133 cm³/mol. The number of halogens is 4. The lowest BCUT2D eigenvalue weighted by Crippen LogP contribution is -2.20. The fourth-order valence-electron chi connectivity index (χ4n) is 3.77. The molecule has 4 rings (SSSR count). The van der Waals surface area contributed by atoms with Crippen LogP contribution in [0.3, 0.4) is 0 Å². The van der Waals surface area contributed by atoms with Gasteiger partial charge in [-0.15, -0.1) is 0 Å². The number of para-hydroxylation sites is 1. The average molecular weight is 519 g/mol. The van der Waals surface area contributed by atoms with E-state index in [1.807, 2.05) is 0 Å². The number of rotatable bonds is 7. The van der Waals surface area contributed by atoms with Crippen molar-refractivity contribution >= 4 is 40.0 Å². The third-order valence-corrected chi connectivity index (χ3v) is 5.44. The van der Waals surface area contributed by atoms with E-state index in [0.717, 1.165) is 6.07 Å². The molecule has 0 bridgehead atoms. The van der Waals surface area contributed by atoms with Crippen LogP contribution >= 0.6 is 11.6 Å². The molecule has 0 saturated heterocycles. The molecule has 0 atom stereocenters. The van der Waals surface area contributed by atoms with Crippen LogP contribution in [0.4, 0.5) is 29.5 Å². The minimum absolute atomic E-state index is 0.0435. The van der Waals surface area contributed by atoms with Crippen LogP contribution in [0.2, 0.25) is 5.02 Å². The van der Waals surface area contributed by atoms with Crippen LogP contribution in [0, 0.1) is 0 Å².